The predicted molar refractivity (Wildman–Crippen MR) is 90.3 cm³/mol. The Kier molecular flexibility index (Phi) is 5.40. The average Bonchev–Trinajstić information content (AvgIpc) is 2.55. The van der Waals surface area contributed by atoms with Gasteiger partial charge in [0, 0.05) is 20.5 Å². The van der Waals surface area contributed by atoms with E-state index >= 15 is 0 Å². The largest absolute Gasteiger partial charge is 0.497 e. The number of methoxy groups -OCH3 is 1. The van der Waals surface area contributed by atoms with Gasteiger partial charge in [0.25, 0.3) is 0 Å². The molecule has 122 valence electrons. The van der Waals surface area contributed by atoms with Gasteiger partial charge in [-0.05, 0) is 23.3 Å². The molecule has 0 aliphatic heterocycles. The molecule has 23 heavy (non-hydrogen) atoms. The van der Waals surface area contributed by atoms with E-state index in [0.717, 1.165) is 11.3 Å². The molecule has 0 saturated heterocycles. The van der Waals surface area contributed by atoms with Crippen molar-refractivity contribution >= 4 is 5.91 Å². The fourth-order valence-electron chi connectivity index (χ4n) is 2.51. The summed E-state index contributed by atoms with van der Waals surface area (Å²) in [4.78, 5) is 13.7. The van der Waals surface area contributed by atoms with Crippen LogP contribution in [0.3, 0.4) is 0 Å². The molecule has 1 amide bonds. The van der Waals surface area contributed by atoms with Gasteiger partial charge in [0.2, 0.25) is 5.91 Å². The summed E-state index contributed by atoms with van der Waals surface area (Å²) < 4.78 is 5.16. The zero-order chi connectivity index (χ0) is 16.9. The standard InChI is InChI=1S/C19H23NO3/c1-20(2)18(21)14-19(22,13-15-7-5-4-6-8-15)16-9-11-17(23-3)12-10-16/h4-12,22H,13-14H2,1-3H3. The number of hydrogen-bond acceptors (Lipinski definition) is 3. The third-order valence-corrected chi connectivity index (χ3v) is 3.91. The van der Waals surface area contributed by atoms with Gasteiger partial charge >= 0.3 is 0 Å². The molecule has 4 heteroatoms. The topological polar surface area (TPSA) is 49.8 Å². The fourth-order valence-corrected chi connectivity index (χ4v) is 2.51. The van der Waals surface area contributed by atoms with E-state index in [4.69, 9.17) is 4.74 Å². The van der Waals surface area contributed by atoms with E-state index < -0.39 is 5.60 Å². The van der Waals surface area contributed by atoms with E-state index in [-0.39, 0.29) is 12.3 Å². The summed E-state index contributed by atoms with van der Waals surface area (Å²) in [6.45, 7) is 0. The first kappa shape index (κ1) is 17.0. The average molecular weight is 313 g/mol. The van der Waals surface area contributed by atoms with Crippen molar-refractivity contribution in [1.29, 1.82) is 0 Å². The second kappa shape index (κ2) is 7.29. The molecule has 0 saturated carbocycles. The maximum Gasteiger partial charge on any atom is 0.225 e. The van der Waals surface area contributed by atoms with Gasteiger partial charge in [0.05, 0.1) is 13.5 Å². The van der Waals surface area contributed by atoms with Crippen LogP contribution in [0.25, 0.3) is 0 Å². The summed E-state index contributed by atoms with van der Waals surface area (Å²) in [6, 6.07) is 16.9. The Morgan fingerprint density at radius 3 is 2.22 bits per heavy atom. The molecule has 0 heterocycles. The van der Waals surface area contributed by atoms with Crippen molar-refractivity contribution in [2.45, 2.75) is 18.4 Å². The van der Waals surface area contributed by atoms with E-state index in [1.165, 1.54) is 4.90 Å². The molecule has 0 aromatic heterocycles. The minimum Gasteiger partial charge on any atom is -0.497 e. The number of amides is 1. The number of ether oxygens (including phenoxy) is 1. The van der Waals surface area contributed by atoms with Gasteiger partial charge in [-0.3, -0.25) is 4.79 Å². The lowest BCUT2D eigenvalue weighted by atomic mass is 9.84. The quantitative estimate of drug-likeness (QED) is 0.892. The van der Waals surface area contributed by atoms with Gasteiger partial charge in [-0.2, -0.15) is 0 Å². The highest BCUT2D eigenvalue weighted by Crippen LogP contribution is 2.31. The molecule has 0 bridgehead atoms. The third kappa shape index (κ3) is 4.33. The van der Waals surface area contributed by atoms with Crippen LogP contribution in [0.2, 0.25) is 0 Å². The lowest BCUT2D eigenvalue weighted by Gasteiger charge is -2.30. The van der Waals surface area contributed by atoms with Crippen LogP contribution in [0.1, 0.15) is 17.5 Å². The van der Waals surface area contributed by atoms with Gasteiger partial charge < -0.3 is 14.7 Å². The lowest BCUT2D eigenvalue weighted by molar-refractivity contribution is -0.134. The van der Waals surface area contributed by atoms with Crippen LogP contribution in [-0.4, -0.2) is 37.1 Å². The summed E-state index contributed by atoms with van der Waals surface area (Å²) in [6.07, 6.45) is 0.404. The lowest BCUT2D eigenvalue weighted by Crippen LogP contribution is -2.36. The van der Waals surface area contributed by atoms with Gasteiger partial charge in [-0.1, -0.05) is 42.5 Å². The zero-order valence-electron chi connectivity index (χ0n) is 13.8. The van der Waals surface area contributed by atoms with Crippen molar-refractivity contribution in [1.82, 2.24) is 4.90 Å². The molecule has 0 fully saturated rings. The Balaban J connectivity index is 2.34. The fraction of sp³-hybridized carbons (Fsp3) is 0.316. The van der Waals surface area contributed by atoms with E-state index in [1.807, 2.05) is 42.5 Å². The highest BCUT2D eigenvalue weighted by molar-refractivity contribution is 5.77. The molecule has 4 nitrogen and oxygen atoms in total. The highest BCUT2D eigenvalue weighted by Gasteiger charge is 2.33. The Labute approximate surface area is 137 Å². The van der Waals surface area contributed by atoms with E-state index in [2.05, 4.69) is 0 Å². The molecule has 0 spiro atoms. The van der Waals surface area contributed by atoms with Gasteiger partial charge in [-0.25, -0.2) is 0 Å². The predicted octanol–water partition coefficient (Wildman–Crippen LogP) is 2.60. The van der Waals surface area contributed by atoms with Crippen molar-refractivity contribution in [2.75, 3.05) is 21.2 Å². The van der Waals surface area contributed by atoms with Gasteiger partial charge in [0.15, 0.2) is 0 Å². The van der Waals surface area contributed by atoms with E-state index in [9.17, 15) is 9.90 Å². The number of nitrogens with zero attached hydrogens (tertiary/aromatic N) is 1. The highest BCUT2D eigenvalue weighted by atomic mass is 16.5. The second-order valence-electron chi connectivity index (χ2n) is 5.89. The van der Waals surface area contributed by atoms with Gasteiger partial charge in [0.1, 0.15) is 11.4 Å². The molecule has 0 aliphatic rings. The van der Waals surface area contributed by atoms with E-state index in [1.54, 1.807) is 33.3 Å². The minimum absolute atomic E-state index is 0.0290. The van der Waals surface area contributed by atoms with Crippen molar-refractivity contribution in [3.63, 3.8) is 0 Å². The normalized spacial score (nSPS) is 13.2. The number of carbonyl (C=O) groups excluding carboxylic acids is 1. The van der Waals surface area contributed by atoms with Crippen LogP contribution < -0.4 is 4.74 Å². The number of carbonyl (C=O) groups is 1. The first-order chi connectivity index (χ1) is 10.9. The molecule has 0 aliphatic carbocycles. The smallest absolute Gasteiger partial charge is 0.225 e. The summed E-state index contributed by atoms with van der Waals surface area (Å²) in [5.41, 5.74) is 0.435. The molecular weight excluding hydrogens is 290 g/mol. The monoisotopic (exact) mass is 313 g/mol. The summed E-state index contributed by atoms with van der Waals surface area (Å²) in [5.74, 6) is 0.606. The number of aliphatic hydroxyl groups is 1. The number of hydrogen-bond donors (Lipinski definition) is 1. The minimum atomic E-state index is -1.25. The molecule has 0 radical (unpaired) electrons. The SMILES string of the molecule is COc1ccc(C(O)(CC(=O)N(C)C)Cc2ccccc2)cc1. The summed E-state index contributed by atoms with van der Waals surface area (Å²) in [5, 5.41) is 11.2. The molecule has 1 unspecified atom stereocenters. The second-order valence-corrected chi connectivity index (χ2v) is 5.89. The Morgan fingerprint density at radius 2 is 1.70 bits per heavy atom. The van der Waals surface area contributed by atoms with Gasteiger partial charge in [-0.15, -0.1) is 0 Å². The number of rotatable bonds is 6. The molecular formula is C19H23NO3. The Bertz CT molecular complexity index is 637. The maximum atomic E-state index is 12.2. The molecule has 2 aromatic carbocycles. The number of benzene rings is 2. The first-order valence-electron chi connectivity index (χ1n) is 7.55. The Morgan fingerprint density at radius 1 is 1.09 bits per heavy atom. The van der Waals surface area contributed by atoms with E-state index in [0.29, 0.717) is 12.0 Å². The van der Waals surface area contributed by atoms with Crippen molar-refractivity contribution in [2.24, 2.45) is 0 Å². The van der Waals surface area contributed by atoms with Crippen LogP contribution in [-0.2, 0) is 16.8 Å². The molecule has 1 atom stereocenters. The summed E-state index contributed by atoms with van der Waals surface area (Å²) >= 11 is 0. The van der Waals surface area contributed by atoms with Crippen LogP contribution >= 0.6 is 0 Å². The van der Waals surface area contributed by atoms with Crippen LogP contribution in [0.5, 0.6) is 5.75 Å². The van der Waals surface area contributed by atoms with Crippen LogP contribution in [0, 0.1) is 0 Å². The molecule has 1 N–H and O–H groups in total. The van der Waals surface area contributed by atoms with Crippen LogP contribution in [0.15, 0.2) is 54.6 Å². The summed E-state index contributed by atoms with van der Waals surface area (Å²) in [7, 11) is 4.99. The maximum absolute atomic E-state index is 12.2. The van der Waals surface area contributed by atoms with Crippen LogP contribution in [0.4, 0.5) is 0 Å². The molecule has 2 rings (SSSR count). The van der Waals surface area contributed by atoms with Crippen molar-refractivity contribution < 1.29 is 14.6 Å². The van der Waals surface area contributed by atoms with Crippen molar-refractivity contribution in [3.05, 3.63) is 65.7 Å². The Hall–Kier alpha value is -2.33. The first-order valence-corrected chi connectivity index (χ1v) is 7.55. The zero-order valence-corrected chi connectivity index (χ0v) is 13.8. The van der Waals surface area contributed by atoms with Crippen molar-refractivity contribution in [3.8, 4) is 5.75 Å². The molecule has 2 aromatic rings. The third-order valence-electron chi connectivity index (χ3n) is 3.91.